The number of aromatic nitrogens is 3. The standard InChI is InChI=1S/C22H19N5O4/c1-29-16-9-14(10-17(30-2)19(16)31-3)18-21(26-22(28)13-7-5-4-6-8-13)27-20(25-18)15(11-23)12-24-27/h4-10,12,25H,1-3H3,(H,26,28). The van der Waals surface area contributed by atoms with Crippen molar-refractivity contribution in [3.8, 4) is 34.6 Å². The van der Waals surface area contributed by atoms with Gasteiger partial charge in [-0.05, 0) is 24.3 Å². The lowest BCUT2D eigenvalue weighted by atomic mass is 10.1. The fraction of sp³-hybridized carbons (Fsp3) is 0.136. The van der Waals surface area contributed by atoms with E-state index in [4.69, 9.17) is 14.2 Å². The second-order valence-electron chi connectivity index (χ2n) is 6.51. The molecule has 0 unspecified atom stereocenters. The van der Waals surface area contributed by atoms with Gasteiger partial charge in [0, 0.05) is 11.1 Å². The van der Waals surface area contributed by atoms with E-state index < -0.39 is 0 Å². The summed E-state index contributed by atoms with van der Waals surface area (Å²) in [4.78, 5) is 16.1. The summed E-state index contributed by atoms with van der Waals surface area (Å²) in [6, 6.07) is 14.4. The second kappa shape index (κ2) is 8.12. The van der Waals surface area contributed by atoms with Gasteiger partial charge < -0.3 is 24.5 Å². The Bertz CT molecular complexity index is 1280. The van der Waals surface area contributed by atoms with Crippen molar-refractivity contribution < 1.29 is 19.0 Å². The highest BCUT2D eigenvalue weighted by Gasteiger charge is 2.22. The smallest absolute Gasteiger partial charge is 0.256 e. The number of rotatable bonds is 6. The van der Waals surface area contributed by atoms with Crippen LogP contribution in [0.5, 0.6) is 17.2 Å². The fourth-order valence-corrected chi connectivity index (χ4v) is 3.32. The zero-order valence-corrected chi connectivity index (χ0v) is 17.1. The molecule has 2 heterocycles. The minimum atomic E-state index is -0.316. The first-order chi connectivity index (χ1) is 15.1. The molecule has 0 fully saturated rings. The van der Waals surface area contributed by atoms with Crippen LogP contribution in [0.4, 0.5) is 5.82 Å². The Kier molecular flexibility index (Phi) is 5.20. The number of ether oxygens (including phenoxy) is 3. The summed E-state index contributed by atoms with van der Waals surface area (Å²) < 4.78 is 17.8. The minimum absolute atomic E-state index is 0.316. The average Bonchev–Trinajstić information content (AvgIpc) is 3.38. The highest BCUT2D eigenvalue weighted by molar-refractivity contribution is 6.05. The van der Waals surface area contributed by atoms with Gasteiger partial charge in [0.15, 0.2) is 23.0 Å². The number of anilines is 1. The van der Waals surface area contributed by atoms with Crippen LogP contribution in [0.2, 0.25) is 0 Å². The molecule has 0 aliphatic heterocycles. The van der Waals surface area contributed by atoms with Crippen LogP contribution in [0.1, 0.15) is 15.9 Å². The van der Waals surface area contributed by atoms with Gasteiger partial charge in [-0.15, -0.1) is 0 Å². The van der Waals surface area contributed by atoms with Crippen LogP contribution in [-0.2, 0) is 0 Å². The Morgan fingerprint density at radius 2 is 1.77 bits per heavy atom. The van der Waals surface area contributed by atoms with Crippen LogP contribution >= 0.6 is 0 Å². The number of aromatic amines is 1. The predicted molar refractivity (Wildman–Crippen MR) is 114 cm³/mol. The number of nitrogens with zero attached hydrogens (tertiary/aromatic N) is 3. The summed E-state index contributed by atoms with van der Waals surface area (Å²) in [7, 11) is 4.57. The van der Waals surface area contributed by atoms with Crippen molar-refractivity contribution in [3.63, 3.8) is 0 Å². The maximum atomic E-state index is 12.9. The van der Waals surface area contributed by atoms with E-state index in [0.717, 1.165) is 0 Å². The summed E-state index contributed by atoms with van der Waals surface area (Å²) in [6.07, 6.45) is 1.43. The Morgan fingerprint density at radius 3 is 2.35 bits per heavy atom. The van der Waals surface area contributed by atoms with E-state index in [2.05, 4.69) is 21.5 Å². The molecule has 0 saturated carbocycles. The third kappa shape index (κ3) is 3.40. The number of hydrogen-bond acceptors (Lipinski definition) is 6. The first-order valence-electron chi connectivity index (χ1n) is 9.27. The number of nitriles is 1. The molecule has 2 N–H and O–H groups in total. The van der Waals surface area contributed by atoms with Gasteiger partial charge in [-0.3, -0.25) is 4.79 Å². The Balaban J connectivity index is 1.90. The Morgan fingerprint density at radius 1 is 1.10 bits per heavy atom. The summed E-state index contributed by atoms with van der Waals surface area (Å²) in [5.41, 5.74) is 2.46. The van der Waals surface area contributed by atoms with E-state index in [-0.39, 0.29) is 5.91 Å². The molecule has 0 spiro atoms. The zero-order chi connectivity index (χ0) is 22.0. The molecule has 0 radical (unpaired) electrons. The number of H-pyrrole nitrogens is 1. The maximum absolute atomic E-state index is 12.9. The molecule has 156 valence electrons. The van der Waals surface area contributed by atoms with Gasteiger partial charge in [0.1, 0.15) is 11.6 Å². The molecule has 0 aliphatic rings. The first kappa shape index (κ1) is 19.8. The van der Waals surface area contributed by atoms with Gasteiger partial charge >= 0.3 is 0 Å². The SMILES string of the molecule is COc1cc(-c2[nH]c3c(C#N)cnn3c2NC(=O)c2ccccc2)cc(OC)c1OC. The van der Waals surface area contributed by atoms with Gasteiger partial charge in [-0.25, -0.2) is 0 Å². The van der Waals surface area contributed by atoms with E-state index in [0.29, 0.717) is 51.1 Å². The molecule has 9 nitrogen and oxygen atoms in total. The molecule has 1 amide bonds. The van der Waals surface area contributed by atoms with Gasteiger partial charge in [0.05, 0.1) is 33.2 Å². The number of carbonyl (C=O) groups excluding carboxylic acids is 1. The molecule has 2 aromatic carbocycles. The van der Waals surface area contributed by atoms with Crippen LogP contribution in [0.3, 0.4) is 0 Å². The van der Waals surface area contributed by atoms with Gasteiger partial charge in [0.2, 0.25) is 5.75 Å². The number of carbonyl (C=O) groups is 1. The highest BCUT2D eigenvalue weighted by Crippen LogP contribution is 2.42. The van der Waals surface area contributed by atoms with Crippen molar-refractivity contribution in [3.05, 3.63) is 59.8 Å². The molecule has 2 aromatic heterocycles. The Labute approximate surface area is 177 Å². The second-order valence-corrected chi connectivity index (χ2v) is 6.51. The van der Waals surface area contributed by atoms with E-state index in [1.54, 1.807) is 36.4 Å². The van der Waals surface area contributed by atoms with Crippen molar-refractivity contribution in [1.29, 1.82) is 5.26 Å². The van der Waals surface area contributed by atoms with E-state index in [1.165, 1.54) is 32.0 Å². The van der Waals surface area contributed by atoms with Crippen LogP contribution in [0, 0.1) is 11.3 Å². The van der Waals surface area contributed by atoms with Crippen molar-refractivity contribution >= 4 is 17.4 Å². The summed E-state index contributed by atoms with van der Waals surface area (Å²) in [6.45, 7) is 0. The summed E-state index contributed by atoms with van der Waals surface area (Å²) in [5.74, 6) is 1.40. The number of fused-ring (bicyclic) bond motifs is 1. The van der Waals surface area contributed by atoms with Crippen molar-refractivity contribution in [2.75, 3.05) is 26.6 Å². The van der Waals surface area contributed by atoms with Crippen LogP contribution in [0.15, 0.2) is 48.7 Å². The number of imidazole rings is 1. The molecule has 9 heteroatoms. The number of benzene rings is 2. The molecule has 4 aromatic rings. The van der Waals surface area contributed by atoms with Crippen molar-refractivity contribution in [2.45, 2.75) is 0 Å². The average molecular weight is 417 g/mol. The highest BCUT2D eigenvalue weighted by atomic mass is 16.5. The quantitative estimate of drug-likeness (QED) is 0.497. The number of nitrogens with one attached hydrogen (secondary N) is 2. The largest absolute Gasteiger partial charge is 0.493 e. The summed E-state index contributed by atoms with van der Waals surface area (Å²) >= 11 is 0. The van der Waals surface area contributed by atoms with Crippen LogP contribution in [0.25, 0.3) is 16.9 Å². The normalized spacial score (nSPS) is 10.5. The molecular formula is C22H19N5O4. The molecule has 31 heavy (non-hydrogen) atoms. The van der Waals surface area contributed by atoms with Crippen LogP contribution in [-0.4, -0.2) is 41.8 Å². The van der Waals surface area contributed by atoms with Gasteiger partial charge in [-0.1, -0.05) is 18.2 Å². The maximum Gasteiger partial charge on any atom is 0.256 e. The van der Waals surface area contributed by atoms with Crippen LogP contribution < -0.4 is 19.5 Å². The zero-order valence-electron chi connectivity index (χ0n) is 17.1. The minimum Gasteiger partial charge on any atom is -0.493 e. The number of methoxy groups -OCH3 is 3. The van der Waals surface area contributed by atoms with E-state index in [9.17, 15) is 10.1 Å². The summed E-state index contributed by atoms with van der Waals surface area (Å²) in [5, 5.41) is 16.6. The third-order valence-corrected chi connectivity index (χ3v) is 4.80. The molecule has 0 aliphatic carbocycles. The lowest BCUT2D eigenvalue weighted by Crippen LogP contribution is -2.14. The van der Waals surface area contributed by atoms with Gasteiger partial charge in [-0.2, -0.15) is 14.9 Å². The monoisotopic (exact) mass is 417 g/mol. The third-order valence-electron chi connectivity index (χ3n) is 4.80. The molecule has 0 bridgehead atoms. The lowest BCUT2D eigenvalue weighted by Gasteiger charge is -2.14. The van der Waals surface area contributed by atoms with Crippen molar-refractivity contribution in [1.82, 2.24) is 14.6 Å². The van der Waals surface area contributed by atoms with Crippen molar-refractivity contribution in [2.24, 2.45) is 0 Å². The number of amides is 1. The molecule has 0 atom stereocenters. The molecule has 0 saturated heterocycles. The topological polar surface area (TPSA) is 114 Å². The number of hydrogen-bond donors (Lipinski definition) is 2. The predicted octanol–water partition coefficient (Wildman–Crippen LogP) is 3.48. The lowest BCUT2D eigenvalue weighted by molar-refractivity contribution is 0.102. The molecular weight excluding hydrogens is 398 g/mol. The van der Waals surface area contributed by atoms with Gasteiger partial charge in [0.25, 0.3) is 5.91 Å². The van der Waals surface area contributed by atoms with E-state index >= 15 is 0 Å². The molecule has 4 rings (SSSR count). The fourth-order valence-electron chi connectivity index (χ4n) is 3.32. The first-order valence-corrected chi connectivity index (χ1v) is 9.27. The Hall–Kier alpha value is -4.45. The van der Waals surface area contributed by atoms with E-state index in [1.807, 2.05) is 6.07 Å².